The number of H-pyrrole nitrogens is 1. The zero-order valence-corrected chi connectivity index (χ0v) is 16.7. The molecule has 1 aromatic heterocycles. The Kier molecular flexibility index (Phi) is 5.63. The van der Waals surface area contributed by atoms with E-state index in [1.54, 1.807) is 0 Å². The van der Waals surface area contributed by atoms with Gasteiger partial charge in [0.15, 0.2) is 0 Å². The third kappa shape index (κ3) is 4.37. The van der Waals surface area contributed by atoms with Crippen LogP contribution in [0.15, 0.2) is 54.6 Å². The lowest BCUT2D eigenvalue weighted by atomic mass is 10.1. The minimum atomic E-state index is 0.606. The van der Waals surface area contributed by atoms with Crippen molar-refractivity contribution in [3.05, 3.63) is 77.1 Å². The predicted octanol–water partition coefficient (Wildman–Crippen LogP) is 3.93. The van der Waals surface area contributed by atoms with Crippen LogP contribution in [0.1, 0.15) is 22.5 Å². The Morgan fingerprint density at radius 2 is 1.61 bits per heavy atom. The van der Waals surface area contributed by atoms with E-state index in [0.29, 0.717) is 6.61 Å². The van der Waals surface area contributed by atoms with E-state index in [2.05, 4.69) is 70.2 Å². The molecular formula is C23H28N4O. The van der Waals surface area contributed by atoms with Crippen LogP contribution in [0.3, 0.4) is 0 Å². The van der Waals surface area contributed by atoms with Gasteiger partial charge in [-0.2, -0.15) is 5.10 Å². The van der Waals surface area contributed by atoms with Gasteiger partial charge < -0.3 is 9.64 Å². The number of benzene rings is 2. The van der Waals surface area contributed by atoms with E-state index < -0.39 is 0 Å². The van der Waals surface area contributed by atoms with Crippen molar-refractivity contribution in [1.82, 2.24) is 15.1 Å². The van der Waals surface area contributed by atoms with Gasteiger partial charge in [0.05, 0.1) is 17.1 Å². The van der Waals surface area contributed by atoms with Crippen molar-refractivity contribution in [2.75, 3.05) is 31.1 Å². The SMILES string of the molecule is Cc1n[nH]c(C)c1N1CCN(Cc2ccc(OCc3ccccc3)cc2)CC1. The molecule has 0 spiro atoms. The summed E-state index contributed by atoms with van der Waals surface area (Å²) in [6, 6.07) is 18.8. The number of aromatic nitrogens is 2. The van der Waals surface area contributed by atoms with Crippen molar-refractivity contribution in [2.24, 2.45) is 0 Å². The zero-order valence-electron chi connectivity index (χ0n) is 16.7. The van der Waals surface area contributed by atoms with Crippen LogP contribution in [0.4, 0.5) is 5.69 Å². The van der Waals surface area contributed by atoms with Gasteiger partial charge >= 0.3 is 0 Å². The van der Waals surface area contributed by atoms with E-state index in [1.807, 2.05) is 18.2 Å². The lowest BCUT2D eigenvalue weighted by Gasteiger charge is -2.36. The summed E-state index contributed by atoms with van der Waals surface area (Å²) in [6.07, 6.45) is 0. The second-order valence-electron chi connectivity index (χ2n) is 7.46. The van der Waals surface area contributed by atoms with E-state index in [9.17, 15) is 0 Å². The molecule has 5 nitrogen and oxygen atoms in total. The molecular weight excluding hydrogens is 348 g/mol. The molecule has 2 aromatic carbocycles. The lowest BCUT2D eigenvalue weighted by molar-refractivity contribution is 0.249. The van der Waals surface area contributed by atoms with E-state index >= 15 is 0 Å². The molecule has 1 aliphatic rings. The Bertz CT molecular complexity index is 861. The third-order valence-electron chi connectivity index (χ3n) is 5.36. The smallest absolute Gasteiger partial charge is 0.119 e. The van der Waals surface area contributed by atoms with E-state index in [1.165, 1.54) is 16.8 Å². The van der Waals surface area contributed by atoms with Gasteiger partial charge in [0.1, 0.15) is 12.4 Å². The van der Waals surface area contributed by atoms with Gasteiger partial charge in [0, 0.05) is 32.7 Å². The number of nitrogens with one attached hydrogen (secondary N) is 1. The monoisotopic (exact) mass is 376 g/mol. The third-order valence-corrected chi connectivity index (χ3v) is 5.36. The quantitative estimate of drug-likeness (QED) is 0.708. The molecule has 0 amide bonds. The fourth-order valence-electron chi connectivity index (χ4n) is 3.83. The Balaban J connectivity index is 1.27. The summed E-state index contributed by atoms with van der Waals surface area (Å²) in [4.78, 5) is 4.96. The van der Waals surface area contributed by atoms with Crippen molar-refractivity contribution < 1.29 is 4.74 Å². The second kappa shape index (κ2) is 8.48. The molecule has 4 rings (SSSR count). The largest absolute Gasteiger partial charge is 0.489 e. The standard InChI is InChI=1S/C23H28N4O/c1-18-23(19(2)25-24-18)27-14-12-26(13-15-27)16-20-8-10-22(11-9-20)28-17-21-6-4-3-5-7-21/h3-11H,12-17H2,1-2H3,(H,24,25). The fourth-order valence-corrected chi connectivity index (χ4v) is 3.83. The maximum Gasteiger partial charge on any atom is 0.119 e. The van der Waals surface area contributed by atoms with Crippen LogP contribution in [-0.2, 0) is 13.2 Å². The molecule has 0 saturated carbocycles. The summed E-state index contributed by atoms with van der Waals surface area (Å²) >= 11 is 0. The summed E-state index contributed by atoms with van der Waals surface area (Å²) in [7, 11) is 0. The number of ether oxygens (including phenoxy) is 1. The molecule has 2 heterocycles. The first-order chi connectivity index (χ1) is 13.7. The van der Waals surface area contributed by atoms with Crippen LogP contribution in [0.25, 0.3) is 0 Å². The molecule has 0 bridgehead atoms. The molecule has 3 aromatic rings. The Labute approximate surface area is 166 Å². The first kappa shape index (κ1) is 18.6. The average Bonchev–Trinajstić information content (AvgIpc) is 3.07. The number of rotatable bonds is 6. The maximum absolute atomic E-state index is 5.89. The van der Waals surface area contributed by atoms with Gasteiger partial charge in [-0.05, 0) is 37.1 Å². The molecule has 5 heteroatoms. The Hall–Kier alpha value is -2.79. The van der Waals surface area contributed by atoms with Crippen molar-refractivity contribution in [3.8, 4) is 5.75 Å². The van der Waals surface area contributed by atoms with E-state index in [0.717, 1.165) is 49.9 Å². The molecule has 1 fully saturated rings. The highest BCUT2D eigenvalue weighted by Crippen LogP contribution is 2.24. The molecule has 1 N–H and O–H groups in total. The van der Waals surface area contributed by atoms with Gasteiger partial charge in [0.25, 0.3) is 0 Å². The summed E-state index contributed by atoms with van der Waals surface area (Å²) in [5.41, 5.74) is 6.05. The van der Waals surface area contributed by atoms with Gasteiger partial charge in [-0.15, -0.1) is 0 Å². The molecule has 1 aliphatic heterocycles. The van der Waals surface area contributed by atoms with E-state index in [4.69, 9.17) is 4.74 Å². The van der Waals surface area contributed by atoms with Crippen LogP contribution in [0, 0.1) is 13.8 Å². The van der Waals surface area contributed by atoms with Gasteiger partial charge in [0.2, 0.25) is 0 Å². The van der Waals surface area contributed by atoms with Crippen molar-refractivity contribution in [3.63, 3.8) is 0 Å². The first-order valence-corrected chi connectivity index (χ1v) is 9.93. The van der Waals surface area contributed by atoms with Crippen LogP contribution < -0.4 is 9.64 Å². The number of hydrogen-bond donors (Lipinski definition) is 1. The summed E-state index contributed by atoms with van der Waals surface area (Å²) < 4.78 is 5.89. The van der Waals surface area contributed by atoms with Crippen molar-refractivity contribution in [1.29, 1.82) is 0 Å². The summed E-state index contributed by atoms with van der Waals surface area (Å²) in [6.45, 7) is 9.98. The maximum atomic E-state index is 5.89. The Morgan fingerprint density at radius 3 is 2.25 bits per heavy atom. The van der Waals surface area contributed by atoms with Gasteiger partial charge in [-0.25, -0.2) is 0 Å². The lowest BCUT2D eigenvalue weighted by Crippen LogP contribution is -2.46. The number of hydrogen-bond acceptors (Lipinski definition) is 4. The number of aromatic amines is 1. The highest BCUT2D eigenvalue weighted by Gasteiger charge is 2.21. The normalized spacial score (nSPS) is 15.0. The topological polar surface area (TPSA) is 44.4 Å². The molecule has 1 saturated heterocycles. The van der Waals surface area contributed by atoms with Crippen LogP contribution in [-0.4, -0.2) is 41.3 Å². The van der Waals surface area contributed by atoms with Crippen LogP contribution in [0.5, 0.6) is 5.75 Å². The fraction of sp³-hybridized carbons (Fsp3) is 0.348. The number of piperazine rings is 1. The number of nitrogens with zero attached hydrogens (tertiary/aromatic N) is 3. The molecule has 0 atom stereocenters. The highest BCUT2D eigenvalue weighted by molar-refractivity contribution is 5.54. The molecule has 0 unspecified atom stereocenters. The molecule has 28 heavy (non-hydrogen) atoms. The average molecular weight is 377 g/mol. The van der Waals surface area contributed by atoms with Crippen LogP contribution >= 0.6 is 0 Å². The zero-order chi connectivity index (χ0) is 19.3. The van der Waals surface area contributed by atoms with Crippen molar-refractivity contribution >= 4 is 5.69 Å². The Morgan fingerprint density at radius 1 is 0.893 bits per heavy atom. The minimum Gasteiger partial charge on any atom is -0.489 e. The molecule has 0 aliphatic carbocycles. The van der Waals surface area contributed by atoms with Gasteiger partial charge in [-0.1, -0.05) is 42.5 Å². The van der Waals surface area contributed by atoms with Gasteiger partial charge in [-0.3, -0.25) is 10.00 Å². The van der Waals surface area contributed by atoms with E-state index in [-0.39, 0.29) is 0 Å². The molecule has 0 radical (unpaired) electrons. The summed E-state index contributed by atoms with van der Waals surface area (Å²) in [5, 5.41) is 7.42. The number of aryl methyl sites for hydroxylation is 2. The second-order valence-corrected chi connectivity index (χ2v) is 7.46. The molecule has 146 valence electrons. The predicted molar refractivity (Wildman–Crippen MR) is 113 cm³/mol. The minimum absolute atomic E-state index is 0.606. The van der Waals surface area contributed by atoms with Crippen molar-refractivity contribution in [2.45, 2.75) is 27.0 Å². The highest BCUT2D eigenvalue weighted by atomic mass is 16.5. The summed E-state index contributed by atoms with van der Waals surface area (Å²) in [5.74, 6) is 0.920. The number of anilines is 1. The first-order valence-electron chi connectivity index (χ1n) is 9.93. The van der Waals surface area contributed by atoms with Crippen LogP contribution in [0.2, 0.25) is 0 Å².